The lowest BCUT2D eigenvalue weighted by molar-refractivity contribution is 0.0606. The van der Waals surface area contributed by atoms with Gasteiger partial charge in [0.2, 0.25) is 0 Å². The fourth-order valence-electron chi connectivity index (χ4n) is 2.33. The number of methoxy groups -OCH3 is 1. The molecule has 3 rings (SSSR count). The van der Waals surface area contributed by atoms with Crippen molar-refractivity contribution in [1.82, 2.24) is 9.59 Å². The molecule has 6 nitrogen and oxygen atoms in total. The van der Waals surface area contributed by atoms with E-state index >= 15 is 0 Å². The SMILES string of the molecule is COC(=O)c1cc(-c2ccc(NC(=O)c3snnc3C)cc2)c(C)s1. The summed E-state index contributed by atoms with van der Waals surface area (Å²) in [5, 5.41) is 6.67. The zero-order valence-electron chi connectivity index (χ0n) is 13.8. The Morgan fingerprint density at radius 3 is 2.48 bits per heavy atom. The van der Waals surface area contributed by atoms with Gasteiger partial charge in [-0.2, -0.15) is 0 Å². The molecule has 1 aromatic carbocycles. The monoisotopic (exact) mass is 373 g/mol. The van der Waals surface area contributed by atoms with Crippen LogP contribution in [0.1, 0.15) is 29.9 Å². The predicted molar refractivity (Wildman–Crippen MR) is 98.4 cm³/mol. The molecule has 1 amide bonds. The average Bonchev–Trinajstić information content (AvgIpc) is 3.20. The zero-order chi connectivity index (χ0) is 18.0. The normalized spacial score (nSPS) is 10.5. The maximum absolute atomic E-state index is 12.2. The fourth-order valence-corrected chi connectivity index (χ4v) is 3.84. The third-order valence-electron chi connectivity index (χ3n) is 3.62. The summed E-state index contributed by atoms with van der Waals surface area (Å²) in [6.07, 6.45) is 0. The smallest absolute Gasteiger partial charge is 0.348 e. The first-order chi connectivity index (χ1) is 12.0. The second-order valence-corrected chi connectivity index (χ2v) is 7.30. The Balaban J connectivity index is 1.79. The van der Waals surface area contributed by atoms with E-state index in [9.17, 15) is 9.59 Å². The number of benzene rings is 1. The van der Waals surface area contributed by atoms with Crippen molar-refractivity contribution < 1.29 is 14.3 Å². The summed E-state index contributed by atoms with van der Waals surface area (Å²) in [4.78, 5) is 25.9. The van der Waals surface area contributed by atoms with Crippen LogP contribution < -0.4 is 5.32 Å². The number of aromatic nitrogens is 2. The van der Waals surface area contributed by atoms with E-state index in [1.54, 1.807) is 6.92 Å². The van der Waals surface area contributed by atoms with Crippen LogP contribution in [-0.4, -0.2) is 28.6 Å². The topological polar surface area (TPSA) is 81.2 Å². The first-order valence-corrected chi connectivity index (χ1v) is 8.98. The Bertz CT molecular complexity index is 929. The molecule has 128 valence electrons. The number of carbonyl (C=O) groups is 2. The molecule has 0 unspecified atom stereocenters. The minimum absolute atomic E-state index is 0.222. The van der Waals surface area contributed by atoms with Crippen molar-refractivity contribution in [3.8, 4) is 11.1 Å². The molecule has 0 spiro atoms. The van der Waals surface area contributed by atoms with Gasteiger partial charge in [-0.25, -0.2) is 4.79 Å². The Hall–Kier alpha value is -2.58. The van der Waals surface area contributed by atoms with Gasteiger partial charge in [-0.05, 0) is 54.7 Å². The Morgan fingerprint density at radius 1 is 1.16 bits per heavy atom. The fraction of sp³-hybridized carbons (Fsp3) is 0.176. The summed E-state index contributed by atoms with van der Waals surface area (Å²) in [5.41, 5.74) is 3.24. The van der Waals surface area contributed by atoms with Crippen LogP contribution in [0.2, 0.25) is 0 Å². The number of hydrogen-bond donors (Lipinski definition) is 1. The number of anilines is 1. The van der Waals surface area contributed by atoms with Gasteiger partial charge in [0.15, 0.2) is 0 Å². The van der Waals surface area contributed by atoms with Gasteiger partial charge in [-0.15, -0.1) is 16.4 Å². The van der Waals surface area contributed by atoms with E-state index < -0.39 is 0 Å². The number of hydrogen-bond acceptors (Lipinski definition) is 7. The summed E-state index contributed by atoms with van der Waals surface area (Å²) in [6.45, 7) is 3.71. The molecule has 0 fully saturated rings. The molecule has 3 aromatic rings. The first-order valence-electron chi connectivity index (χ1n) is 7.39. The second kappa shape index (κ2) is 7.12. The molecule has 0 radical (unpaired) electrons. The lowest BCUT2D eigenvalue weighted by atomic mass is 10.1. The standard InChI is InChI=1S/C17H15N3O3S2/c1-9-15(25-20-19-9)16(21)18-12-6-4-11(5-7-12)13-8-14(17(22)23-3)24-10(13)2/h4-8H,1-3H3,(H,18,21). The van der Waals surface area contributed by atoms with Gasteiger partial charge < -0.3 is 10.1 Å². The van der Waals surface area contributed by atoms with Gasteiger partial charge in [0.25, 0.3) is 5.91 Å². The molecule has 2 aromatic heterocycles. The number of nitrogens with zero attached hydrogens (tertiary/aromatic N) is 2. The van der Waals surface area contributed by atoms with Crippen molar-refractivity contribution in [2.24, 2.45) is 0 Å². The highest BCUT2D eigenvalue weighted by Crippen LogP contribution is 2.32. The number of nitrogens with one attached hydrogen (secondary N) is 1. The van der Waals surface area contributed by atoms with Crippen LogP contribution in [0.5, 0.6) is 0 Å². The molecule has 2 heterocycles. The molecular formula is C17H15N3O3S2. The lowest BCUT2D eigenvalue weighted by Gasteiger charge is -2.05. The van der Waals surface area contributed by atoms with Crippen molar-refractivity contribution in [2.45, 2.75) is 13.8 Å². The minimum Gasteiger partial charge on any atom is -0.465 e. The molecule has 8 heteroatoms. The van der Waals surface area contributed by atoms with Gasteiger partial charge in [-0.3, -0.25) is 4.79 Å². The number of esters is 1. The zero-order valence-corrected chi connectivity index (χ0v) is 15.5. The van der Waals surface area contributed by atoms with Gasteiger partial charge in [-0.1, -0.05) is 16.6 Å². The maximum atomic E-state index is 12.2. The summed E-state index contributed by atoms with van der Waals surface area (Å²) in [5.74, 6) is -0.559. The summed E-state index contributed by atoms with van der Waals surface area (Å²) in [6, 6.07) is 9.29. The van der Waals surface area contributed by atoms with Gasteiger partial charge in [0.05, 0.1) is 12.8 Å². The van der Waals surface area contributed by atoms with Crippen LogP contribution in [0.15, 0.2) is 30.3 Å². The van der Waals surface area contributed by atoms with E-state index in [1.807, 2.05) is 37.3 Å². The minimum atomic E-state index is -0.336. The molecule has 0 saturated carbocycles. The molecule has 0 aliphatic rings. The summed E-state index contributed by atoms with van der Waals surface area (Å²) >= 11 is 2.47. The quantitative estimate of drug-likeness (QED) is 0.701. The van der Waals surface area contributed by atoms with Crippen LogP contribution in [0.3, 0.4) is 0 Å². The molecule has 0 atom stereocenters. The molecule has 0 aliphatic heterocycles. The molecule has 1 N–H and O–H groups in total. The number of amides is 1. The van der Waals surface area contributed by atoms with Gasteiger partial charge in [0.1, 0.15) is 9.75 Å². The van der Waals surface area contributed by atoms with Crippen molar-refractivity contribution in [3.05, 3.63) is 50.7 Å². The third-order valence-corrected chi connectivity index (χ3v) is 5.47. The molecule has 0 bridgehead atoms. The number of carbonyl (C=O) groups excluding carboxylic acids is 2. The van der Waals surface area contributed by atoms with Crippen molar-refractivity contribution in [1.29, 1.82) is 0 Å². The van der Waals surface area contributed by atoms with E-state index in [2.05, 4.69) is 14.9 Å². The first kappa shape index (κ1) is 17.2. The number of ether oxygens (including phenoxy) is 1. The Morgan fingerprint density at radius 2 is 1.88 bits per heavy atom. The average molecular weight is 373 g/mol. The number of thiophene rings is 1. The van der Waals surface area contributed by atoms with Crippen LogP contribution in [0, 0.1) is 13.8 Å². The van der Waals surface area contributed by atoms with Crippen LogP contribution >= 0.6 is 22.9 Å². The van der Waals surface area contributed by atoms with E-state index in [0.29, 0.717) is 21.1 Å². The summed E-state index contributed by atoms with van der Waals surface area (Å²) < 4.78 is 8.53. The largest absolute Gasteiger partial charge is 0.465 e. The number of aryl methyl sites for hydroxylation is 2. The molecule has 0 aliphatic carbocycles. The van der Waals surface area contributed by atoms with E-state index in [0.717, 1.165) is 27.5 Å². The van der Waals surface area contributed by atoms with E-state index in [-0.39, 0.29) is 11.9 Å². The van der Waals surface area contributed by atoms with Gasteiger partial charge >= 0.3 is 5.97 Å². The Kier molecular flexibility index (Phi) is 4.91. The van der Waals surface area contributed by atoms with Crippen molar-refractivity contribution in [3.63, 3.8) is 0 Å². The van der Waals surface area contributed by atoms with E-state index in [4.69, 9.17) is 4.74 Å². The van der Waals surface area contributed by atoms with Crippen LogP contribution in [-0.2, 0) is 4.74 Å². The van der Waals surface area contributed by atoms with Crippen LogP contribution in [0.4, 0.5) is 5.69 Å². The highest BCUT2D eigenvalue weighted by molar-refractivity contribution is 7.14. The lowest BCUT2D eigenvalue weighted by Crippen LogP contribution is -2.11. The third kappa shape index (κ3) is 3.59. The molecular weight excluding hydrogens is 358 g/mol. The van der Waals surface area contributed by atoms with Crippen molar-refractivity contribution in [2.75, 3.05) is 12.4 Å². The highest BCUT2D eigenvalue weighted by Gasteiger charge is 2.15. The predicted octanol–water partition coefficient (Wildman–Crippen LogP) is 3.92. The molecule has 25 heavy (non-hydrogen) atoms. The van der Waals surface area contributed by atoms with Gasteiger partial charge in [0, 0.05) is 10.6 Å². The second-order valence-electron chi connectivity index (χ2n) is 5.29. The number of rotatable bonds is 4. The van der Waals surface area contributed by atoms with Crippen molar-refractivity contribution >= 4 is 40.4 Å². The van der Waals surface area contributed by atoms with E-state index in [1.165, 1.54) is 18.4 Å². The van der Waals surface area contributed by atoms with Crippen LogP contribution in [0.25, 0.3) is 11.1 Å². The Labute approximate surface area is 152 Å². The molecule has 0 saturated heterocycles. The highest BCUT2D eigenvalue weighted by atomic mass is 32.1. The summed E-state index contributed by atoms with van der Waals surface area (Å²) in [7, 11) is 1.37. The maximum Gasteiger partial charge on any atom is 0.348 e.